The molecule has 204 valence electrons. The van der Waals surface area contributed by atoms with E-state index in [1.807, 2.05) is 0 Å². The van der Waals surface area contributed by atoms with Gasteiger partial charge in [0.25, 0.3) is 0 Å². The summed E-state index contributed by atoms with van der Waals surface area (Å²) in [5.41, 5.74) is -0.521. The highest BCUT2D eigenvalue weighted by Gasteiger charge is 2.32. The van der Waals surface area contributed by atoms with Crippen molar-refractivity contribution >= 4 is 50.7 Å². The van der Waals surface area contributed by atoms with E-state index in [1.54, 1.807) is 32.0 Å². The van der Waals surface area contributed by atoms with Crippen molar-refractivity contribution in [1.29, 1.82) is 0 Å². The molecule has 0 unspecified atom stereocenters. The molecule has 37 heavy (non-hydrogen) atoms. The molecule has 0 saturated heterocycles. The predicted octanol–water partition coefficient (Wildman–Crippen LogP) is 5.11. The highest BCUT2D eigenvalue weighted by atomic mass is 35.5. The molecule has 13 heteroatoms. The minimum Gasteiger partial charge on any atom is -0.355 e. The number of carbonyl (C=O) groups excluding carboxylic acids is 2. The molecule has 1 N–H and O–H groups in total. The number of hydrogen-bond donors (Lipinski definition) is 1. The molecule has 0 saturated carbocycles. The van der Waals surface area contributed by atoms with Crippen molar-refractivity contribution in [2.75, 3.05) is 23.7 Å². The number of likely N-dealkylation sites (N-methyl/N-ethyl adjacent to an activating group) is 1. The molecule has 0 heterocycles. The van der Waals surface area contributed by atoms with Crippen LogP contribution in [0.3, 0.4) is 0 Å². The largest absolute Gasteiger partial charge is 0.416 e. The lowest BCUT2D eigenvalue weighted by atomic mass is 10.1. The van der Waals surface area contributed by atoms with Crippen LogP contribution in [0.1, 0.15) is 37.8 Å². The van der Waals surface area contributed by atoms with Crippen LogP contribution >= 0.6 is 23.2 Å². The van der Waals surface area contributed by atoms with E-state index in [9.17, 15) is 31.2 Å². The maximum atomic E-state index is 13.2. The zero-order valence-corrected chi connectivity index (χ0v) is 22.8. The van der Waals surface area contributed by atoms with Gasteiger partial charge in [-0.05, 0) is 56.2 Å². The molecular weight excluding hydrogens is 554 g/mol. The topological polar surface area (TPSA) is 86.8 Å². The Hall–Kier alpha value is -2.50. The highest BCUT2D eigenvalue weighted by molar-refractivity contribution is 7.92. The van der Waals surface area contributed by atoms with Crippen molar-refractivity contribution in [2.24, 2.45) is 0 Å². The van der Waals surface area contributed by atoms with E-state index in [4.69, 9.17) is 23.2 Å². The molecule has 2 amide bonds. The average molecular weight is 582 g/mol. The van der Waals surface area contributed by atoms with E-state index in [0.29, 0.717) is 17.1 Å². The van der Waals surface area contributed by atoms with Crippen LogP contribution in [-0.2, 0) is 32.3 Å². The van der Waals surface area contributed by atoms with Crippen molar-refractivity contribution < 1.29 is 31.2 Å². The minimum absolute atomic E-state index is 0.00212. The molecule has 0 aliphatic heterocycles. The van der Waals surface area contributed by atoms with Crippen LogP contribution in [0.4, 0.5) is 18.9 Å². The quantitative estimate of drug-likeness (QED) is 0.399. The molecule has 0 radical (unpaired) electrons. The fourth-order valence-electron chi connectivity index (χ4n) is 3.58. The molecule has 0 bridgehead atoms. The number of alkyl halides is 3. The molecule has 0 spiro atoms. The summed E-state index contributed by atoms with van der Waals surface area (Å²) in [6.45, 7) is 3.47. The van der Waals surface area contributed by atoms with Crippen molar-refractivity contribution in [3.8, 4) is 0 Å². The normalized spacial score (nSPS) is 12.6. The fourth-order valence-corrected chi connectivity index (χ4v) is 4.86. The van der Waals surface area contributed by atoms with Gasteiger partial charge in [-0.2, -0.15) is 13.2 Å². The van der Waals surface area contributed by atoms with Gasteiger partial charge in [-0.15, -0.1) is 0 Å². The number of rotatable bonds is 11. The van der Waals surface area contributed by atoms with Crippen LogP contribution < -0.4 is 9.62 Å². The number of benzene rings is 2. The Morgan fingerprint density at radius 3 is 2.32 bits per heavy atom. The van der Waals surface area contributed by atoms with Gasteiger partial charge in [-0.25, -0.2) is 8.42 Å². The highest BCUT2D eigenvalue weighted by Crippen LogP contribution is 2.32. The molecular formula is C24H28Cl2F3N3O4S. The standard InChI is InChI=1S/C24H28Cl2F3N3O4S/c1-4-30-23(34)16(2)31(15-17-10-11-20(25)21(26)13-17)22(33)9-6-12-32(37(3,35)36)19-8-5-7-18(14-19)24(27,28)29/h5,7-8,10-11,13-14,16H,4,6,9,12,15H2,1-3H3,(H,30,34)/t16-/m0/s1. The third-order valence-electron chi connectivity index (χ3n) is 5.47. The van der Waals surface area contributed by atoms with Gasteiger partial charge in [0.05, 0.1) is 27.6 Å². The minimum atomic E-state index is -4.64. The Labute approximate surface area is 224 Å². The summed E-state index contributed by atoms with van der Waals surface area (Å²) in [6.07, 6.45) is -3.92. The summed E-state index contributed by atoms with van der Waals surface area (Å²) >= 11 is 12.0. The number of sulfonamides is 1. The molecule has 0 aliphatic carbocycles. The van der Waals surface area contributed by atoms with E-state index >= 15 is 0 Å². The predicted molar refractivity (Wildman–Crippen MR) is 138 cm³/mol. The molecule has 2 aromatic carbocycles. The molecule has 0 aromatic heterocycles. The second-order valence-corrected chi connectivity index (χ2v) is 11.0. The SMILES string of the molecule is CCNC(=O)[C@H](C)N(Cc1ccc(Cl)c(Cl)c1)C(=O)CCCN(c1cccc(C(F)(F)F)c1)S(C)(=O)=O. The van der Waals surface area contributed by atoms with Gasteiger partial charge >= 0.3 is 6.18 Å². The third kappa shape index (κ3) is 8.79. The summed E-state index contributed by atoms with van der Waals surface area (Å²) in [6, 6.07) is 7.92. The van der Waals surface area contributed by atoms with E-state index < -0.39 is 33.7 Å². The number of carbonyl (C=O) groups is 2. The second-order valence-electron chi connectivity index (χ2n) is 8.33. The number of anilines is 1. The first-order chi connectivity index (χ1) is 17.1. The van der Waals surface area contributed by atoms with Gasteiger partial charge in [-0.1, -0.05) is 35.3 Å². The van der Waals surface area contributed by atoms with Gasteiger partial charge in [0.2, 0.25) is 21.8 Å². The zero-order chi connectivity index (χ0) is 28.0. The van der Waals surface area contributed by atoms with Crippen LogP contribution in [0.25, 0.3) is 0 Å². The van der Waals surface area contributed by atoms with Crippen LogP contribution in [0.2, 0.25) is 10.0 Å². The van der Waals surface area contributed by atoms with Crippen LogP contribution in [-0.4, -0.2) is 50.5 Å². The summed E-state index contributed by atoms with van der Waals surface area (Å²) in [5, 5.41) is 3.27. The van der Waals surface area contributed by atoms with Gasteiger partial charge in [0, 0.05) is 26.1 Å². The Bertz CT molecular complexity index is 1230. The van der Waals surface area contributed by atoms with Crippen LogP contribution in [0.5, 0.6) is 0 Å². The number of nitrogens with one attached hydrogen (secondary N) is 1. The summed E-state index contributed by atoms with van der Waals surface area (Å²) in [7, 11) is -3.94. The number of hydrogen-bond acceptors (Lipinski definition) is 4. The average Bonchev–Trinajstić information content (AvgIpc) is 2.80. The van der Waals surface area contributed by atoms with Gasteiger partial charge < -0.3 is 10.2 Å². The molecule has 2 rings (SSSR count). The lowest BCUT2D eigenvalue weighted by Gasteiger charge is -2.29. The Morgan fingerprint density at radius 1 is 1.08 bits per heavy atom. The van der Waals surface area contributed by atoms with E-state index in [-0.39, 0.29) is 42.5 Å². The lowest BCUT2D eigenvalue weighted by Crippen LogP contribution is -2.47. The van der Waals surface area contributed by atoms with E-state index in [2.05, 4.69) is 5.32 Å². The molecule has 7 nitrogen and oxygen atoms in total. The molecule has 1 atom stereocenters. The first-order valence-corrected chi connectivity index (χ1v) is 13.9. The maximum Gasteiger partial charge on any atom is 0.416 e. The van der Waals surface area contributed by atoms with Crippen LogP contribution in [0, 0.1) is 0 Å². The van der Waals surface area contributed by atoms with Crippen molar-refractivity contribution in [2.45, 2.75) is 45.5 Å². The smallest absolute Gasteiger partial charge is 0.355 e. The Kier molecular flexibility index (Phi) is 10.7. The third-order valence-corrected chi connectivity index (χ3v) is 7.40. The van der Waals surface area contributed by atoms with Crippen molar-refractivity contribution in [3.63, 3.8) is 0 Å². The van der Waals surface area contributed by atoms with Crippen molar-refractivity contribution in [3.05, 3.63) is 63.6 Å². The monoisotopic (exact) mass is 581 g/mol. The van der Waals surface area contributed by atoms with E-state index in [0.717, 1.165) is 28.8 Å². The first kappa shape index (κ1) is 30.7. The fraction of sp³-hybridized carbons (Fsp3) is 0.417. The molecule has 2 aromatic rings. The number of halogens is 5. The summed E-state index contributed by atoms with van der Waals surface area (Å²) < 4.78 is 64.9. The Morgan fingerprint density at radius 2 is 1.76 bits per heavy atom. The lowest BCUT2D eigenvalue weighted by molar-refractivity contribution is -0.140. The molecule has 0 aliphatic rings. The number of nitrogens with zero attached hydrogens (tertiary/aromatic N) is 2. The number of amides is 2. The van der Waals surface area contributed by atoms with Gasteiger partial charge in [0.15, 0.2) is 0 Å². The molecule has 0 fully saturated rings. The Balaban J connectivity index is 2.22. The van der Waals surface area contributed by atoms with Crippen LogP contribution in [0.15, 0.2) is 42.5 Å². The van der Waals surface area contributed by atoms with Gasteiger partial charge in [-0.3, -0.25) is 13.9 Å². The summed E-state index contributed by atoms with van der Waals surface area (Å²) in [5.74, 6) is -0.819. The van der Waals surface area contributed by atoms with E-state index in [1.165, 1.54) is 11.0 Å². The maximum absolute atomic E-state index is 13.2. The van der Waals surface area contributed by atoms with Gasteiger partial charge in [0.1, 0.15) is 6.04 Å². The second kappa shape index (κ2) is 12.8. The first-order valence-electron chi connectivity index (χ1n) is 11.3. The summed E-state index contributed by atoms with van der Waals surface area (Å²) in [4.78, 5) is 27.0. The zero-order valence-electron chi connectivity index (χ0n) is 20.5. The van der Waals surface area contributed by atoms with Crippen molar-refractivity contribution in [1.82, 2.24) is 10.2 Å².